The van der Waals surface area contributed by atoms with Crippen molar-refractivity contribution in [3.05, 3.63) is 474 Å². The Morgan fingerprint density at radius 1 is 0.131 bits per heavy atom. The SMILES string of the molecule is c1ccc(-c2ccc(-c3nc(-c4cccc(-c5ccccn5)c4)cc(-c4cccc(-c5ccccn5)c4)n3)cc2)nc1.c1ccc(-c2cccc(-c3cc(-c4cccc(-c5ccccc5)c4)nc(-c4ccc(-c5ccccn5)cc4)n3)c2)cc1.c1ccc(-c2cncc(-c3nc(-c4ccc(-c5cccc6ncccc56)cc4)nc(-c4cccc(-c5ccncc5)c4)n3)c2)cc1. The number of rotatable bonds is 18. The maximum Gasteiger partial charge on any atom is 0.165 e. The van der Waals surface area contributed by atoms with E-state index in [1.807, 2.05) is 189 Å². The van der Waals surface area contributed by atoms with Gasteiger partial charge >= 0.3 is 0 Å². The van der Waals surface area contributed by atoms with Crippen molar-refractivity contribution >= 4 is 10.9 Å². The van der Waals surface area contributed by atoms with Crippen LogP contribution in [0.15, 0.2) is 474 Å². The van der Waals surface area contributed by atoms with E-state index in [-0.39, 0.29) is 0 Å². The van der Waals surface area contributed by atoms with Gasteiger partial charge in [0, 0.05) is 139 Å². The van der Waals surface area contributed by atoms with Crippen molar-refractivity contribution in [1.29, 1.82) is 0 Å². The molecule has 0 aliphatic heterocycles. The van der Waals surface area contributed by atoms with Gasteiger partial charge in [0.05, 0.1) is 51.1 Å². The molecule has 0 atom stereocenters. The molecule has 612 valence electrons. The lowest BCUT2D eigenvalue weighted by atomic mass is 9.99. The first-order chi connectivity index (χ1) is 64.4. The molecular weight excluding hydrogens is 1590 g/mol. The molecule has 22 aromatic rings. The molecule has 0 aliphatic carbocycles. The molecule has 0 amide bonds. The van der Waals surface area contributed by atoms with Crippen LogP contribution in [0.25, 0.3) is 214 Å². The highest BCUT2D eigenvalue weighted by Crippen LogP contribution is 2.39. The van der Waals surface area contributed by atoms with Gasteiger partial charge in [0.15, 0.2) is 29.1 Å². The molecule has 22 rings (SSSR count). The van der Waals surface area contributed by atoms with Gasteiger partial charge in [-0.1, -0.05) is 297 Å². The largest absolute Gasteiger partial charge is 0.265 e. The van der Waals surface area contributed by atoms with Gasteiger partial charge < -0.3 is 0 Å². The monoisotopic (exact) mass is 1670 g/mol. The molecule has 0 spiro atoms. The summed E-state index contributed by atoms with van der Waals surface area (Å²) < 4.78 is 0. The molecule has 0 unspecified atom stereocenters. The molecule has 10 heterocycles. The van der Waals surface area contributed by atoms with E-state index in [9.17, 15) is 0 Å². The number of hydrogen-bond acceptors (Lipinski definition) is 14. The molecule has 0 radical (unpaired) electrons. The molecule has 12 aromatic carbocycles. The highest BCUT2D eigenvalue weighted by molar-refractivity contribution is 5.95. The minimum absolute atomic E-state index is 0.559. The van der Waals surface area contributed by atoms with Crippen LogP contribution in [-0.4, -0.2) is 69.8 Å². The van der Waals surface area contributed by atoms with Gasteiger partial charge in [-0.3, -0.25) is 34.9 Å². The topological polar surface area (TPSA) is 180 Å². The van der Waals surface area contributed by atoms with Gasteiger partial charge in [0.25, 0.3) is 0 Å². The molecule has 130 heavy (non-hydrogen) atoms. The number of benzene rings is 12. The molecule has 0 saturated carbocycles. The summed E-state index contributed by atoms with van der Waals surface area (Å²) >= 11 is 0. The average molecular weight is 1670 g/mol. The fourth-order valence-corrected chi connectivity index (χ4v) is 15.8. The summed E-state index contributed by atoms with van der Waals surface area (Å²) in [5.41, 5.74) is 31.9. The Kier molecular flexibility index (Phi) is 23.6. The van der Waals surface area contributed by atoms with Crippen LogP contribution in [0.5, 0.6) is 0 Å². The zero-order valence-corrected chi connectivity index (χ0v) is 70.3. The van der Waals surface area contributed by atoms with Crippen LogP contribution in [0, 0.1) is 0 Å². The summed E-state index contributed by atoms with van der Waals surface area (Å²) in [4.78, 5) is 66.6. The van der Waals surface area contributed by atoms with Crippen molar-refractivity contribution in [3.8, 4) is 203 Å². The summed E-state index contributed by atoms with van der Waals surface area (Å²) in [5.74, 6) is 3.08. The number of nitrogens with zero attached hydrogens (tertiary/aromatic N) is 14. The van der Waals surface area contributed by atoms with Crippen LogP contribution in [0.3, 0.4) is 0 Å². The maximum atomic E-state index is 5.09. The zero-order chi connectivity index (χ0) is 87.0. The summed E-state index contributed by atoms with van der Waals surface area (Å²) in [6.07, 6.45) is 16.3. The first-order valence-corrected chi connectivity index (χ1v) is 42.8. The summed E-state index contributed by atoms with van der Waals surface area (Å²) in [7, 11) is 0. The second-order valence-corrected chi connectivity index (χ2v) is 30.9. The molecule has 0 N–H and O–H groups in total. The second kappa shape index (κ2) is 38.1. The maximum absolute atomic E-state index is 5.09. The predicted molar refractivity (Wildman–Crippen MR) is 524 cm³/mol. The number of aromatic nitrogens is 14. The average Bonchev–Trinajstić information content (AvgIpc) is 0.807. The van der Waals surface area contributed by atoms with Crippen molar-refractivity contribution < 1.29 is 0 Å². The molecule has 10 aromatic heterocycles. The van der Waals surface area contributed by atoms with E-state index in [0.717, 1.165) is 173 Å². The molecule has 14 nitrogen and oxygen atoms in total. The fourth-order valence-electron chi connectivity index (χ4n) is 15.8. The van der Waals surface area contributed by atoms with E-state index in [1.165, 1.54) is 11.1 Å². The third kappa shape index (κ3) is 18.7. The van der Waals surface area contributed by atoms with Gasteiger partial charge in [-0.05, 0) is 171 Å². The van der Waals surface area contributed by atoms with Crippen LogP contribution in [0.2, 0.25) is 0 Å². The van der Waals surface area contributed by atoms with E-state index in [0.29, 0.717) is 29.1 Å². The Labute approximate surface area is 752 Å². The normalized spacial score (nSPS) is 10.9. The lowest BCUT2D eigenvalue weighted by Gasteiger charge is -2.12. The number of hydrogen-bond donors (Lipinski definition) is 0. The molecular formula is C116H78N14. The van der Waals surface area contributed by atoms with Crippen LogP contribution < -0.4 is 0 Å². The van der Waals surface area contributed by atoms with E-state index >= 15 is 0 Å². The Bertz CT molecular complexity index is 7060. The van der Waals surface area contributed by atoms with Crippen LogP contribution in [0.4, 0.5) is 0 Å². The Balaban J connectivity index is 0.000000122. The van der Waals surface area contributed by atoms with Gasteiger partial charge in [0.2, 0.25) is 0 Å². The zero-order valence-electron chi connectivity index (χ0n) is 70.3. The van der Waals surface area contributed by atoms with Gasteiger partial charge in [-0.2, -0.15) is 0 Å². The summed E-state index contributed by atoms with van der Waals surface area (Å²) in [6, 6.07) is 142. The standard InChI is InChI=1S/C40H26N6.C39H27N3.C37H25N5/c1-2-7-27(8-3-1)33-24-34(26-42-25-33)40-45-38(44-39(46-40)32-10-4-9-31(23-32)28-18-21-41-22-19-28)30-16-14-29(15-17-30)35-11-5-13-37-36(35)12-6-20-43-37;1-3-11-28(12-4-1)32-15-9-17-34(25-32)37-27-38(35-18-10-16-33(26-35)29-13-5-2-6-14-29)42-39(41-37)31-22-20-30(21-23-31)36-19-7-8-24-40-36;1-4-20-38-32(13-1)26-16-18-27(19-17-26)37-41-35(30-11-7-9-28(23-30)33-14-2-5-21-39-33)25-36(42-37)31-12-8-10-29(24-31)34-15-3-6-22-40-34/h1-26H;1-27H;1-25H. The highest BCUT2D eigenvalue weighted by Gasteiger charge is 2.20. The Morgan fingerprint density at radius 3 is 0.846 bits per heavy atom. The minimum atomic E-state index is 0.559. The lowest BCUT2D eigenvalue weighted by molar-refractivity contribution is 1.07. The van der Waals surface area contributed by atoms with Crippen LogP contribution in [0.1, 0.15) is 0 Å². The van der Waals surface area contributed by atoms with E-state index in [2.05, 4.69) is 296 Å². The molecule has 0 bridgehead atoms. The first kappa shape index (κ1) is 80.5. The van der Waals surface area contributed by atoms with Gasteiger partial charge in [0.1, 0.15) is 0 Å². The number of pyridine rings is 7. The first-order valence-electron chi connectivity index (χ1n) is 42.8. The molecule has 14 heteroatoms. The van der Waals surface area contributed by atoms with Crippen molar-refractivity contribution in [2.45, 2.75) is 0 Å². The van der Waals surface area contributed by atoms with E-state index in [4.69, 9.17) is 34.9 Å². The van der Waals surface area contributed by atoms with Gasteiger partial charge in [-0.15, -0.1) is 0 Å². The lowest BCUT2D eigenvalue weighted by Crippen LogP contribution is -2.01. The van der Waals surface area contributed by atoms with Crippen molar-refractivity contribution in [3.63, 3.8) is 0 Å². The van der Waals surface area contributed by atoms with Crippen molar-refractivity contribution in [2.24, 2.45) is 0 Å². The van der Waals surface area contributed by atoms with Gasteiger partial charge in [-0.25, -0.2) is 34.9 Å². The summed E-state index contributed by atoms with van der Waals surface area (Å²) in [6.45, 7) is 0. The fraction of sp³-hybridized carbons (Fsp3) is 0. The minimum Gasteiger partial charge on any atom is -0.265 e. The second-order valence-electron chi connectivity index (χ2n) is 30.9. The molecule has 0 saturated heterocycles. The van der Waals surface area contributed by atoms with Crippen LogP contribution in [-0.2, 0) is 0 Å². The molecule has 0 aliphatic rings. The van der Waals surface area contributed by atoms with Crippen LogP contribution >= 0.6 is 0 Å². The van der Waals surface area contributed by atoms with E-state index < -0.39 is 0 Å². The summed E-state index contributed by atoms with van der Waals surface area (Å²) in [5, 5.41) is 1.11. The Morgan fingerprint density at radius 2 is 0.423 bits per heavy atom. The van der Waals surface area contributed by atoms with Crippen molar-refractivity contribution in [1.82, 2.24) is 69.8 Å². The quantitative estimate of drug-likeness (QED) is 0.0791. The Hall–Kier alpha value is -17.9. The molecule has 0 fully saturated rings. The highest BCUT2D eigenvalue weighted by atomic mass is 15.0. The number of fused-ring (bicyclic) bond motifs is 1. The predicted octanol–water partition coefficient (Wildman–Crippen LogP) is 27.7. The smallest absolute Gasteiger partial charge is 0.165 e. The third-order valence-corrected chi connectivity index (χ3v) is 22.4. The van der Waals surface area contributed by atoms with E-state index in [1.54, 1.807) is 24.8 Å². The van der Waals surface area contributed by atoms with Crippen molar-refractivity contribution in [2.75, 3.05) is 0 Å². The third-order valence-electron chi connectivity index (χ3n) is 22.4.